The smallest absolute Gasteiger partial charge is 0.346 e. The number of halogens is 1. The van der Waals surface area contributed by atoms with Crippen LogP contribution < -0.4 is 5.63 Å². The molecule has 5 rings (SSSR count). The van der Waals surface area contributed by atoms with E-state index in [4.69, 9.17) is 21.0 Å². The maximum absolute atomic E-state index is 12.4. The zero-order chi connectivity index (χ0) is 17.0. The predicted octanol–water partition coefficient (Wildman–Crippen LogP) is 5.34. The third kappa shape index (κ3) is 2.41. The Morgan fingerprint density at radius 2 is 1.92 bits per heavy atom. The van der Waals surface area contributed by atoms with Crippen LogP contribution in [0.4, 0.5) is 0 Å². The fourth-order valence-corrected chi connectivity index (χ4v) is 4.57. The molecule has 4 aromatic rings. The number of fused-ring (bicyclic) bond motifs is 4. The average Bonchev–Trinajstić information content (AvgIpc) is 3.06. The van der Waals surface area contributed by atoms with Gasteiger partial charge < -0.3 is 4.42 Å². The van der Waals surface area contributed by atoms with E-state index < -0.39 is 0 Å². The summed E-state index contributed by atoms with van der Waals surface area (Å²) in [5, 5.41) is 2.12. The number of hydrogen-bond donors (Lipinski definition) is 0. The Morgan fingerprint density at radius 1 is 1.04 bits per heavy atom. The van der Waals surface area contributed by atoms with Crippen LogP contribution in [0, 0.1) is 0 Å². The lowest BCUT2D eigenvalue weighted by Gasteiger charge is -2.13. The summed E-state index contributed by atoms with van der Waals surface area (Å²) in [5.74, 6) is 0. The largest absolute Gasteiger partial charge is 0.422 e. The molecule has 1 aliphatic carbocycles. The van der Waals surface area contributed by atoms with Crippen LogP contribution in [0.3, 0.4) is 0 Å². The third-order valence-corrected chi connectivity index (χ3v) is 5.90. The van der Waals surface area contributed by atoms with E-state index in [2.05, 4.69) is 18.2 Å². The van der Waals surface area contributed by atoms with Crippen LogP contribution in [-0.2, 0) is 12.8 Å². The highest BCUT2D eigenvalue weighted by molar-refractivity contribution is 7.15. The number of aromatic nitrogens is 1. The van der Waals surface area contributed by atoms with Gasteiger partial charge in [-0.15, -0.1) is 11.3 Å². The Kier molecular flexibility index (Phi) is 3.30. The SMILES string of the molecule is O=c1oc2ccc(Cl)cc2cc1-c1nc2c(s1)CCc1ccccc1-2. The van der Waals surface area contributed by atoms with Crippen LogP contribution in [0.2, 0.25) is 5.02 Å². The van der Waals surface area contributed by atoms with Gasteiger partial charge in [-0.2, -0.15) is 0 Å². The van der Waals surface area contributed by atoms with Crippen LogP contribution in [0.15, 0.2) is 57.7 Å². The number of thiazole rings is 1. The first kappa shape index (κ1) is 14.9. The lowest BCUT2D eigenvalue weighted by molar-refractivity contribution is 0.563. The highest BCUT2D eigenvalue weighted by Crippen LogP contribution is 2.39. The lowest BCUT2D eigenvalue weighted by atomic mass is 9.94. The summed E-state index contributed by atoms with van der Waals surface area (Å²) in [7, 11) is 0. The zero-order valence-corrected chi connectivity index (χ0v) is 14.7. The summed E-state index contributed by atoms with van der Waals surface area (Å²) in [4.78, 5) is 18.4. The molecule has 0 saturated carbocycles. The van der Waals surface area contributed by atoms with Gasteiger partial charge in [0.05, 0.1) is 11.3 Å². The number of hydrogen-bond acceptors (Lipinski definition) is 4. The third-order valence-electron chi connectivity index (χ3n) is 4.52. The van der Waals surface area contributed by atoms with Crippen molar-refractivity contribution in [2.45, 2.75) is 12.8 Å². The average molecular weight is 366 g/mol. The molecule has 2 aromatic heterocycles. The van der Waals surface area contributed by atoms with Gasteiger partial charge in [-0.05, 0) is 42.7 Å². The van der Waals surface area contributed by atoms with Crippen LogP contribution in [0.5, 0.6) is 0 Å². The molecule has 0 radical (unpaired) electrons. The van der Waals surface area contributed by atoms with Gasteiger partial charge in [0.15, 0.2) is 0 Å². The Labute approximate surface area is 152 Å². The Hall–Kier alpha value is -2.43. The maximum Gasteiger partial charge on any atom is 0.346 e. The molecular formula is C20H12ClNO2S. The normalized spacial score (nSPS) is 12.8. The van der Waals surface area contributed by atoms with Gasteiger partial charge in [0.25, 0.3) is 0 Å². The van der Waals surface area contributed by atoms with Gasteiger partial charge in [-0.25, -0.2) is 9.78 Å². The second-order valence-corrected chi connectivity index (χ2v) is 7.60. The van der Waals surface area contributed by atoms with E-state index in [1.807, 2.05) is 12.1 Å². The first-order valence-corrected chi connectivity index (χ1v) is 9.20. The van der Waals surface area contributed by atoms with Crippen LogP contribution in [0.1, 0.15) is 10.4 Å². The van der Waals surface area contributed by atoms with Gasteiger partial charge in [0.1, 0.15) is 10.6 Å². The molecule has 0 atom stereocenters. The minimum Gasteiger partial charge on any atom is -0.422 e. The van der Waals surface area contributed by atoms with Crippen LogP contribution in [-0.4, -0.2) is 4.98 Å². The fourth-order valence-electron chi connectivity index (χ4n) is 3.31. The predicted molar refractivity (Wildman–Crippen MR) is 101 cm³/mol. The van der Waals surface area contributed by atoms with Crippen molar-refractivity contribution in [3.63, 3.8) is 0 Å². The summed E-state index contributed by atoms with van der Waals surface area (Å²) < 4.78 is 5.46. The van der Waals surface area contributed by atoms with E-state index in [1.165, 1.54) is 16.0 Å². The summed E-state index contributed by atoms with van der Waals surface area (Å²) in [5.41, 5.74) is 4.13. The van der Waals surface area contributed by atoms with Gasteiger partial charge >= 0.3 is 5.63 Å². The molecule has 0 aliphatic heterocycles. The first-order chi connectivity index (χ1) is 12.2. The Bertz CT molecular complexity index is 1190. The van der Waals surface area contributed by atoms with Gasteiger partial charge in [-0.3, -0.25) is 0 Å². The molecule has 0 amide bonds. The topological polar surface area (TPSA) is 43.1 Å². The second kappa shape index (κ2) is 5.55. The molecule has 2 aromatic carbocycles. The fraction of sp³-hybridized carbons (Fsp3) is 0.100. The van der Waals surface area contributed by atoms with Crippen molar-refractivity contribution in [3.8, 4) is 21.8 Å². The van der Waals surface area contributed by atoms with E-state index in [0.717, 1.165) is 23.9 Å². The van der Waals surface area contributed by atoms with E-state index in [1.54, 1.807) is 29.5 Å². The highest BCUT2D eigenvalue weighted by Gasteiger charge is 2.22. The molecule has 0 fully saturated rings. The minimum absolute atomic E-state index is 0.366. The number of benzene rings is 2. The molecule has 1 aliphatic rings. The summed E-state index contributed by atoms with van der Waals surface area (Å²) in [6.45, 7) is 0. The van der Waals surface area contributed by atoms with Gasteiger partial charge in [-0.1, -0.05) is 35.9 Å². The summed E-state index contributed by atoms with van der Waals surface area (Å²) in [6.07, 6.45) is 1.96. The van der Waals surface area contributed by atoms with Crippen LogP contribution >= 0.6 is 22.9 Å². The molecule has 0 N–H and O–H groups in total. The number of nitrogens with zero attached hydrogens (tertiary/aromatic N) is 1. The molecule has 0 unspecified atom stereocenters. The highest BCUT2D eigenvalue weighted by atomic mass is 35.5. The van der Waals surface area contributed by atoms with Crippen molar-refractivity contribution in [2.75, 3.05) is 0 Å². The molecule has 3 nitrogen and oxygen atoms in total. The van der Waals surface area contributed by atoms with Crippen molar-refractivity contribution in [3.05, 3.63) is 74.4 Å². The second-order valence-electron chi connectivity index (χ2n) is 6.08. The molecule has 25 heavy (non-hydrogen) atoms. The van der Waals surface area contributed by atoms with Crippen LogP contribution in [0.25, 0.3) is 32.8 Å². The van der Waals surface area contributed by atoms with E-state index in [9.17, 15) is 4.79 Å². The molecule has 122 valence electrons. The molecule has 5 heteroatoms. The minimum atomic E-state index is -0.366. The monoisotopic (exact) mass is 365 g/mol. The molecule has 2 heterocycles. The lowest BCUT2D eigenvalue weighted by Crippen LogP contribution is -2.03. The number of rotatable bonds is 1. The summed E-state index contributed by atoms with van der Waals surface area (Å²) in [6, 6.07) is 15.4. The standard InChI is InChI=1S/C20H12ClNO2S/c21-13-6-7-16-12(9-13)10-15(20(23)24-16)19-22-18-14-4-2-1-3-11(14)5-8-17(18)25-19/h1-4,6-7,9-10H,5,8H2. The maximum atomic E-state index is 12.4. The Balaban J connectivity index is 1.71. The van der Waals surface area contributed by atoms with Crippen molar-refractivity contribution in [1.82, 2.24) is 4.98 Å². The van der Waals surface area contributed by atoms with E-state index in [0.29, 0.717) is 21.2 Å². The molecule has 0 saturated heterocycles. The molecule has 0 spiro atoms. The molecular weight excluding hydrogens is 354 g/mol. The van der Waals surface area contributed by atoms with Crippen molar-refractivity contribution >= 4 is 33.9 Å². The summed E-state index contributed by atoms with van der Waals surface area (Å²) >= 11 is 7.64. The van der Waals surface area contributed by atoms with E-state index in [-0.39, 0.29) is 5.63 Å². The van der Waals surface area contributed by atoms with Gasteiger partial charge in [0, 0.05) is 20.8 Å². The van der Waals surface area contributed by atoms with Crippen molar-refractivity contribution < 1.29 is 4.42 Å². The van der Waals surface area contributed by atoms with E-state index >= 15 is 0 Å². The van der Waals surface area contributed by atoms with Gasteiger partial charge in [0.2, 0.25) is 0 Å². The Morgan fingerprint density at radius 3 is 2.84 bits per heavy atom. The number of aryl methyl sites for hydroxylation is 2. The first-order valence-electron chi connectivity index (χ1n) is 8.01. The van der Waals surface area contributed by atoms with Crippen molar-refractivity contribution in [2.24, 2.45) is 0 Å². The zero-order valence-electron chi connectivity index (χ0n) is 13.1. The molecule has 0 bridgehead atoms. The van der Waals surface area contributed by atoms with Crippen molar-refractivity contribution in [1.29, 1.82) is 0 Å². The quantitative estimate of drug-likeness (QED) is 0.428.